The summed E-state index contributed by atoms with van der Waals surface area (Å²) < 4.78 is 13.5. The lowest BCUT2D eigenvalue weighted by atomic mass is 9.97. The lowest BCUT2D eigenvalue weighted by molar-refractivity contribution is -0.135. The Bertz CT molecular complexity index is 764. The molecule has 0 aliphatic carbocycles. The van der Waals surface area contributed by atoms with E-state index in [2.05, 4.69) is 5.32 Å². The number of hydrogen-bond acceptors (Lipinski definition) is 2. The zero-order valence-electron chi connectivity index (χ0n) is 16.1. The van der Waals surface area contributed by atoms with Crippen LogP contribution in [0.4, 0.5) is 4.39 Å². The number of amides is 2. The monoisotopic (exact) mass is 370 g/mol. The van der Waals surface area contributed by atoms with E-state index in [0.717, 1.165) is 12.0 Å². The van der Waals surface area contributed by atoms with Crippen LogP contribution >= 0.6 is 0 Å². The number of hydrogen-bond donors (Lipinski definition) is 1. The SMILES string of the molecule is CC[C@H](C)[C@H](NC(=O)c1ccccc1)C(=O)N(CC)Cc1cccc(F)c1. The van der Waals surface area contributed by atoms with Gasteiger partial charge in [-0.2, -0.15) is 0 Å². The van der Waals surface area contributed by atoms with Crippen molar-refractivity contribution < 1.29 is 14.0 Å². The largest absolute Gasteiger partial charge is 0.340 e. The van der Waals surface area contributed by atoms with Crippen molar-refractivity contribution in [3.8, 4) is 0 Å². The van der Waals surface area contributed by atoms with Gasteiger partial charge in [0.15, 0.2) is 0 Å². The standard InChI is InChI=1S/C22H27FN2O2/c1-4-16(3)20(24-21(26)18-11-7-6-8-12-18)22(27)25(5-2)15-17-10-9-13-19(23)14-17/h6-14,16,20H,4-5,15H2,1-3H3,(H,24,26)/t16-,20-/m0/s1. The van der Waals surface area contributed by atoms with Crippen molar-refractivity contribution in [3.05, 3.63) is 71.5 Å². The lowest BCUT2D eigenvalue weighted by Gasteiger charge is -2.30. The second kappa shape index (κ2) is 9.86. The number of rotatable bonds is 8. The molecule has 2 amide bonds. The summed E-state index contributed by atoms with van der Waals surface area (Å²) in [6.45, 7) is 6.60. The maximum atomic E-state index is 13.5. The number of benzene rings is 2. The maximum Gasteiger partial charge on any atom is 0.251 e. The molecule has 0 saturated carbocycles. The van der Waals surface area contributed by atoms with Crippen LogP contribution in [0.25, 0.3) is 0 Å². The Morgan fingerprint density at radius 1 is 1.07 bits per heavy atom. The van der Waals surface area contributed by atoms with E-state index in [9.17, 15) is 14.0 Å². The molecule has 144 valence electrons. The van der Waals surface area contributed by atoms with Crippen molar-refractivity contribution in [1.82, 2.24) is 10.2 Å². The third-order valence-electron chi connectivity index (χ3n) is 4.76. The number of carbonyl (C=O) groups is 2. The molecule has 0 heterocycles. The zero-order valence-corrected chi connectivity index (χ0v) is 16.1. The van der Waals surface area contributed by atoms with Crippen molar-refractivity contribution >= 4 is 11.8 Å². The van der Waals surface area contributed by atoms with Gasteiger partial charge in [0.25, 0.3) is 5.91 Å². The quantitative estimate of drug-likeness (QED) is 0.763. The van der Waals surface area contributed by atoms with E-state index in [1.54, 1.807) is 41.3 Å². The highest BCUT2D eigenvalue weighted by Crippen LogP contribution is 2.15. The first-order valence-electron chi connectivity index (χ1n) is 9.35. The first-order valence-corrected chi connectivity index (χ1v) is 9.35. The molecule has 0 unspecified atom stereocenters. The van der Waals surface area contributed by atoms with Gasteiger partial charge < -0.3 is 10.2 Å². The van der Waals surface area contributed by atoms with Crippen LogP contribution in [0.2, 0.25) is 0 Å². The Morgan fingerprint density at radius 2 is 1.78 bits per heavy atom. The summed E-state index contributed by atoms with van der Waals surface area (Å²) in [5.41, 5.74) is 1.24. The smallest absolute Gasteiger partial charge is 0.251 e. The minimum atomic E-state index is -0.629. The number of likely N-dealkylation sites (N-methyl/N-ethyl adjacent to an activating group) is 1. The molecule has 0 fully saturated rings. The van der Waals surface area contributed by atoms with Gasteiger partial charge >= 0.3 is 0 Å². The van der Waals surface area contributed by atoms with Gasteiger partial charge in [-0.25, -0.2) is 4.39 Å². The van der Waals surface area contributed by atoms with Crippen LogP contribution < -0.4 is 5.32 Å². The van der Waals surface area contributed by atoms with Crippen molar-refractivity contribution in [2.45, 2.75) is 39.8 Å². The van der Waals surface area contributed by atoms with Gasteiger partial charge in [-0.05, 0) is 42.7 Å². The normalized spacial score (nSPS) is 12.9. The van der Waals surface area contributed by atoms with E-state index >= 15 is 0 Å². The lowest BCUT2D eigenvalue weighted by Crippen LogP contribution is -2.51. The van der Waals surface area contributed by atoms with E-state index < -0.39 is 6.04 Å². The van der Waals surface area contributed by atoms with E-state index in [-0.39, 0.29) is 23.5 Å². The van der Waals surface area contributed by atoms with E-state index in [1.165, 1.54) is 12.1 Å². The Morgan fingerprint density at radius 3 is 2.37 bits per heavy atom. The van der Waals surface area contributed by atoms with Gasteiger partial charge in [-0.3, -0.25) is 9.59 Å². The number of halogens is 1. The van der Waals surface area contributed by atoms with Crippen molar-refractivity contribution in [3.63, 3.8) is 0 Å². The van der Waals surface area contributed by atoms with Gasteiger partial charge in [0, 0.05) is 18.7 Å². The topological polar surface area (TPSA) is 49.4 Å². The van der Waals surface area contributed by atoms with Crippen molar-refractivity contribution in [2.75, 3.05) is 6.54 Å². The summed E-state index contributed by atoms with van der Waals surface area (Å²) in [6, 6.07) is 14.5. The van der Waals surface area contributed by atoms with Gasteiger partial charge in [0.1, 0.15) is 11.9 Å². The number of carbonyl (C=O) groups excluding carboxylic acids is 2. The minimum Gasteiger partial charge on any atom is -0.340 e. The Balaban J connectivity index is 2.17. The molecule has 0 aliphatic heterocycles. The molecule has 0 spiro atoms. The molecule has 2 aromatic carbocycles. The summed E-state index contributed by atoms with van der Waals surface area (Å²) in [6.07, 6.45) is 0.753. The third-order valence-corrected chi connectivity index (χ3v) is 4.76. The van der Waals surface area contributed by atoms with E-state index in [4.69, 9.17) is 0 Å². The summed E-state index contributed by atoms with van der Waals surface area (Å²) >= 11 is 0. The summed E-state index contributed by atoms with van der Waals surface area (Å²) in [5.74, 6) is -0.768. The van der Waals surface area contributed by atoms with Gasteiger partial charge in [-0.1, -0.05) is 50.6 Å². The fourth-order valence-electron chi connectivity index (χ4n) is 2.90. The molecular formula is C22H27FN2O2. The summed E-state index contributed by atoms with van der Waals surface area (Å²) in [4.78, 5) is 27.4. The van der Waals surface area contributed by atoms with Crippen LogP contribution in [0.15, 0.2) is 54.6 Å². The zero-order chi connectivity index (χ0) is 19.8. The van der Waals surface area contributed by atoms with Crippen molar-refractivity contribution in [1.29, 1.82) is 0 Å². The Hall–Kier alpha value is -2.69. The van der Waals surface area contributed by atoms with Gasteiger partial charge in [-0.15, -0.1) is 0 Å². The van der Waals surface area contributed by atoms with Crippen LogP contribution in [0, 0.1) is 11.7 Å². The predicted molar refractivity (Wildman–Crippen MR) is 105 cm³/mol. The van der Waals surface area contributed by atoms with Gasteiger partial charge in [0.05, 0.1) is 0 Å². The number of nitrogens with one attached hydrogen (secondary N) is 1. The van der Waals surface area contributed by atoms with E-state index in [0.29, 0.717) is 18.7 Å². The van der Waals surface area contributed by atoms with Crippen LogP contribution in [0.1, 0.15) is 43.1 Å². The van der Waals surface area contributed by atoms with Gasteiger partial charge in [0.2, 0.25) is 5.91 Å². The third kappa shape index (κ3) is 5.64. The van der Waals surface area contributed by atoms with E-state index in [1.807, 2.05) is 26.8 Å². The highest BCUT2D eigenvalue weighted by atomic mass is 19.1. The summed E-state index contributed by atoms with van der Waals surface area (Å²) in [5, 5.41) is 2.89. The molecule has 0 aliphatic rings. The molecular weight excluding hydrogens is 343 g/mol. The molecule has 2 aromatic rings. The second-order valence-corrected chi connectivity index (χ2v) is 6.69. The molecule has 2 atom stereocenters. The van der Waals surface area contributed by atoms with Crippen molar-refractivity contribution in [2.24, 2.45) is 5.92 Å². The molecule has 0 aromatic heterocycles. The molecule has 1 N–H and O–H groups in total. The minimum absolute atomic E-state index is 0.0216. The molecule has 0 radical (unpaired) electrons. The fraction of sp³-hybridized carbons (Fsp3) is 0.364. The van der Waals surface area contributed by atoms with Crippen LogP contribution in [-0.2, 0) is 11.3 Å². The molecule has 27 heavy (non-hydrogen) atoms. The molecule has 0 bridgehead atoms. The Kier molecular flexibility index (Phi) is 7.53. The highest BCUT2D eigenvalue weighted by molar-refractivity contribution is 5.97. The molecule has 0 saturated heterocycles. The maximum absolute atomic E-state index is 13.5. The molecule has 4 nitrogen and oxygen atoms in total. The van der Waals surface area contributed by atoms with Crippen LogP contribution in [0.5, 0.6) is 0 Å². The average molecular weight is 370 g/mol. The number of nitrogens with zero attached hydrogens (tertiary/aromatic N) is 1. The highest BCUT2D eigenvalue weighted by Gasteiger charge is 2.29. The first-order chi connectivity index (χ1) is 13.0. The molecule has 2 rings (SSSR count). The second-order valence-electron chi connectivity index (χ2n) is 6.69. The summed E-state index contributed by atoms with van der Waals surface area (Å²) in [7, 11) is 0. The van der Waals surface area contributed by atoms with Crippen LogP contribution in [0.3, 0.4) is 0 Å². The van der Waals surface area contributed by atoms with Crippen LogP contribution in [-0.4, -0.2) is 29.3 Å². The molecule has 5 heteroatoms. The first kappa shape index (κ1) is 20.6. The fourth-order valence-corrected chi connectivity index (χ4v) is 2.90. The average Bonchev–Trinajstić information content (AvgIpc) is 2.69. The predicted octanol–water partition coefficient (Wildman–Crippen LogP) is 4.02. The Labute approximate surface area is 160 Å².